The molecule has 0 aliphatic carbocycles. The van der Waals surface area contributed by atoms with Gasteiger partial charge in [-0.05, 0) is 40.3 Å². The molecule has 0 fully saturated rings. The lowest BCUT2D eigenvalue weighted by Gasteiger charge is -2.34. The van der Waals surface area contributed by atoms with Gasteiger partial charge in [-0.15, -0.1) is 0 Å². The van der Waals surface area contributed by atoms with E-state index in [2.05, 4.69) is 38.0 Å². The van der Waals surface area contributed by atoms with Crippen LogP contribution in [0.4, 0.5) is 0 Å². The average Bonchev–Trinajstić information content (AvgIpc) is 2.36. The van der Waals surface area contributed by atoms with Gasteiger partial charge in [0.05, 0.1) is 7.11 Å². The molecule has 0 aliphatic rings. The van der Waals surface area contributed by atoms with E-state index in [1.165, 1.54) is 13.5 Å². The number of hydrogen-bond acceptors (Lipinski definition) is 4. The first-order valence-corrected chi connectivity index (χ1v) is 6.78. The fraction of sp³-hybridized carbons (Fsp3) is 0.929. The predicted molar refractivity (Wildman–Crippen MR) is 75.6 cm³/mol. The molecule has 1 N–H and O–H groups in total. The molecule has 3 atom stereocenters. The van der Waals surface area contributed by atoms with Crippen LogP contribution in [-0.4, -0.2) is 50.2 Å². The van der Waals surface area contributed by atoms with Crippen LogP contribution < -0.4 is 5.32 Å². The molecule has 0 radical (unpaired) electrons. The van der Waals surface area contributed by atoms with Gasteiger partial charge in [0.25, 0.3) is 0 Å². The van der Waals surface area contributed by atoms with Crippen LogP contribution in [0.2, 0.25) is 0 Å². The van der Waals surface area contributed by atoms with E-state index in [4.69, 9.17) is 4.74 Å². The van der Waals surface area contributed by atoms with Gasteiger partial charge in [0.1, 0.15) is 5.54 Å². The van der Waals surface area contributed by atoms with E-state index >= 15 is 0 Å². The Kier molecular flexibility index (Phi) is 7.48. The molecule has 4 nitrogen and oxygen atoms in total. The molecule has 0 aromatic rings. The van der Waals surface area contributed by atoms with Crippen LogP contribution in [-0.2, 0) is 9.53 Å². The van der Waals surface area contributed by atoms with E-state index in [9.17, 15) is 4.79 Å². The van der Waals surface area contributed by atoms with Crippen molar-refractivity contribution in [3.8, 4) is 0 Å². The third-order valence-electron chi connectivity index (χ3n) is 3.94. The Hall–Kier alpha value is -0.610. The molecule has 108 valence electrons. The van der Waals surface area contributed by atoms with Crippen LogP contribution >= 0.6 is 0 Å². The second-order valence-electron chi connectivity index (χ2n) is 5.58. The van der Waals surface area contributed by atoms with Gasteiger partial charge in [0, 0.05) is 12.6 Å². The third kappa shape index (κ3) is 4.94. The first-order chi connectivity index (χ1) is 8.30. The van der Waals surface area contributed by atoms with E-state index in [0.29, 0.717) is 12.0 Å². The Labute approximate surface area is 112 Å². The minimum atomic E-state index is -0.613. The molecule has 0 saturated heterocycles. The minimum Gasteiger partial charge on any atom is -0.468 e. The van der Waals surface area contributed by atoms with E-state index in [-0.39, 0.29) is 5.97 Å². The molecule has 0 rings (SSSR count). The van der Waals surface area contributed by atoms with Gasteiger partial charge in [-0.25, -0.2) is 0 Å². The number of carbonyl (C=O) groups excluding carboxylic acids is 1. The lowest BCUT2D eigenvalue weighted by molar-refractivity contribution is -0.148. The standard InChI is InChI=1S/C14H30N2O2/c1-8-11(2)10-16(6)12(3)9-14(4,15-5)13(17)18-7/h11-12,15H,8-10H2,1-7H3. The van der Waals surface area contributed by atoms with Crippen LogP contribution in [0.1, 0.15) is 40.5 Å². The summed E-state index contributed by atoms with van der Waals surface area (Å²) in [4.78, 5) is 14.1. The Morgan fingerprint density at radius 1 is 1.44 bits per heavy atom. The molecule has 0 amide bonds. The van der Waals surface area contributed by atoms with Gasteiger partial charge in [-0.3, -0.25) is 4.79 Å². The summed E-state index contributed by atoms with van der Waals surface area (Å²) in [6, 6.07) is 0.329. The summed E-state index contributed by atoms with van der Waals surface area (Å²) in [5, 5.41) is 3.08. The normalized spacial score (nSPS) is 18.2. The zero-order valence-corrected chi connectivity index (χ0v) is 13.0. The Morgan fingerprint density at radius 3 is 2.39 bits per heavy atom. The molecular weight excluding hydrogens is 228 g/mol. The summed E-state index contributed by atoms with van der Waals surface area (Å²) in [5.74, 6) is 0.477. The van der Waals surface area contributed by atoms with E-state index in [1.54, 1.807) is 7.05 Å². The van der Waals surface area contributed by atoms with E-state index in [1.807, 2.05) is 6.92 Å². The summed E-state index contributed by atoms with van der Waals surface area (Å²) >= 11 is 0. The highest BCUT2D eigenvalue weighted by Gasteiger charge is 2.35. The number of methoxy groups -OCH3 is 1. The van der Waals surface area contributed by atoms with Gasteiger partial charge in [-0.1, -0.05) is 20.3 Å². The Balaban J connectivity index is 4.51. The van der Waals surface area contributed by atoms with Crippen molar-refractivity contribution >= 4 is 5.97 Å². The number of esters is 1. The highest BCUT2D eigenvalue weighted by Crippen LogP contribution is 2.18. The highest BCUT2D eigenvalue weighted by atomic mass is 16.5. The molecule has 0 spiro atoms. The quantitative estimate of drug-likeness (QED) is 0.675. The summed E-state index contributed by atoms with van der Waals surface area (Å²) in [6.07, 6.45) is 1.92. The largest absolute Gasteiger partial charge is 0.468 e. The second kappa shape index (κ2) is 7.74. The fourth-order valence-electron chi connectivity index (χ4n) is 2.06. The maximum Gasteiger partial charge on any atom is 0.325 e. The van der Waals surface area contributed by atoms with Crippen molar-refractivity contribution in [1.29, 1.82) is 0 Å². The van der Waals surface area contributed by atoms with Gasteiger partial charge in [0.2, 0.25) is 0 Å². The van der Waals surface area contributed by atoms with Crippen LogP contribution in [0, 0.1) is 5.92 Å². The van der Waals surface area contributed by atoms with Crippen molar-refractivity contribution in [3.05, 3.63) is 0 Å². The van der Waals surface area contributed by atoms with Crippen LogP contribution in [0.25, 0.3) is 0 Å². The van der Waals surface area contributed by atoms with Crippen molar-refractivity contribution in [1.82, 2.24) is 10.2 Å². The van der Waals surface area contributed by atoms with Gasteiger partial charge in [-0.2, -0.15) is 0 Å². The van der Waals surface area contributed by atoms with Crippen molar-refractivity contribution in [2.75, 3.05) is 27.7 Å². The van der Waals surface area contributed by atoms with E-state index in [0.717, 1.165) is 13.0 Å². The number of rotatable bonds is 8. The average molecular weight is 258 g/mol. The van der Waals surface area contributed by atoms with Gasteiger partial charge < -0.3 is 15.0 Å². The summed E-state index contributed by atoms with van der Waals surface area (Å²) < 4.78 is 4.87. The molecule has 0 bridgehead atoms. The minimum absolute atomic E-state index is 0.200. The molecule has 3 unspecified atom stereocenters. The van der Waals surface area contributed by atoms with Crippen LogP contribution in [0.5, 0.6) is 0 Å². The highest BCUT2D eigenvalue weighted by molar-refractivity contribution is 5.80. The summed E-state index contributed by atoms with van der Waals surface area (Å²) in [7, 11) is 5.36. The van der Waals surface area contributed by atoms with Crippen molar-refractivity contribution < 1.29 is 9.53 Å². The zero-order chi connectivity index (χ0) is 14.3. The third-order valence-corrected chi connectivity index (χ3v) is 3.94. The monoisotopic (exact) mass is 258 g/mol. The zero-order valence-electron chi connectivity index (χ0n) is 13.0. The number of nitrogens with zero attached hydrogens (tertiary/aromatic N) is 1. The second-order valence-corrected chi connectivity index (χ2v) is 5.58. The number of carbonyl (C=O) groups is 1. The van der Waals surface area contributed by atoms with Crippen molar-refractivity contribution in [2.45, 2.75) is 52.1 Å². The maximum atomic E-state index is 11.8. The number of likely N-dealkylation sites (N-methyl/N-ethyl adjacent to an activating group) is 1. The predicted octanol–water partition coefficient (Wildman–Crippen LogP) is 1.89. The van der Waals surface area contributed by atoms with Crippen LogP contribution in [0.15, 0.2) is 0 Å². The first-order valence-electron chi connectivity index (χ1n) is 6.78. The van der Waals surface area contributed by atoms with Gasteiger partial charge in [0.15, 0.2) is 0 Å². The molecule has 0 aromatic carbocycles. The van der Waals surface area contributed by atoms with E-state index < -0.39 is 5.54 Å². The Morgan fingerprint density at radius 2 is 2.00 bits per heavy atom. The van der Waals surface area contributed by atoms with Gasteiger partial charge >= 0.3 is 5.97 Å². The number of nitrogens with one attached hydrogen (secondary N) is 1. The smallest absolute Gasteiger partial charge is 0.325 e. The molecule has 18 heavy (non-hydrogen) atoms. The maximum absolute atomic E-state index is 11.8. The first kappa shape index (κ1) is 17.4. The van der Waals surface area contributed by atoms with Crippen molar-refractivity contribution in [3.63, 3.8) is 0 Å². The lowest BCUT2D eigenvalue weighted by Crippen LogP contribution is -2.52. The fourth-order valence-corrected chi connectivity index (χ4v) is 2.06. The molecular formula is C14H30N2O2. The summed E-state index contributed by atoms with van der Waals surface area (Å²) in [6.45, 7) is 9.56. The van der Waals surface area contributed by atoms with Crippen LogP contribution in [0.3, 0.4) is 0 Å². The molecule has 0 heterocycles. The molecule has 0 aromatic heterocycles. The molecule has 4 heteroatoms. The SMILES string of the molecule is CCC(C)CN(C)C(C)CC(C)(NC)C(=O)OC. The number of ether oxygens (including phenoxy) is 1. The summed E-state index contributed by atoms with van der Waals surface area (Å²) in [5.41, 5.74) is -0.613. The Bertz CT molecular complexity index is 258. The van der Waals surface area contributed by atoms with Crippen molar-refractivity contribution in [2.24, 2.45) is 5.92 Å². The number of hydrogen-bond donors (Lipinski definition) is 1. The lowest BCUT2D eigenvalue weighted by atomic mass is 9.93. The molecule has 0 aliphatic heterocycles. The molecule has 0 saturated carbocycles. The topological polar surface area (TPSA) is 41.6 Å².